The van der Waals surface area contributed by atoms with Gasteiger partial charge < -0.3 is 4.90 Å². The minimum Gasteiger partial charge on any atom is -0.369 e. The van der Waals surface area contributed by atoms with Crippen molar-refractivity contribution in [1.29, 1.82) is 5.26 Å². The number of nitrogens with zero attached hydrogens (tertiary/aromatic N) is 5. The lowest BCUT2D eigenvalue weighted by Gasteiger charge is -2.38. The van der Waals surface area contributed by atoms with Crippen molar-refractivity contribution in [3.63, 3.8) is 0 Å². The van der Waals surface area contributed by atoms with Gasteiger partial charge in [-0.1, -0.05) is 24.3 Å². The lowest BCUT2D eigenvalue weighted by atomic mass is 10.1. The van der Waals surface area contributed by atoms with Gasteiger partial charge in [0.2, 0.25) is 0 Å². The third-order valence-corrected chi connectivity index (χ3v) is 6.29. The van der Waals surface area contributed by atoms with Crippen LogP contribution >= 0.6 is 0 Å². The van der Waals surface area contributed by atoms with Gasteiger partial charge in [0, 0.05) is 54.4 Å². The van der Waals surface area contributed by atoms with Gasteiger partial charge >= 0.3 is 0 Å². The molecule has 1 fully saturated rings. The Morgan fingerprint density at radius 2 is 1.56 bits per heavy atom. The molecule has 2 aromatic heterocycles. The molecule has 2 aromatic carbocycles. The Hall–Kier alpha value is -3.69. The number of aromatic nitrogens is 3. The van der Waals surface area contributed by atoms with Crippen LogP contribution in [0.15, 0.2) is 60.7 Å². The largest absolute Gasteiger partial charge is 0.369 e. The number of benzene rings is 2. The molecule has 6 nitrogen and oxygen atoms in total. The molecule has 1 saturated heterocycles. The molecule has 0 saturated carbocycles. The van der Waals surface area contributed by atoms with Gasteiger partial charge in [-0.15, -0.1) is 0 Å². The van der Waals surface area contributed by atoms with E-state index in [1.54, 1.807) is 12.1 Å². The molecule has 0 radical (unpaired) electrons. The summed E-state index contributed by atoms with van der Waals surface area (Å²) in [5, 5.41) is 17.6. The summed E-state index contributed by atoms with van der Waals surface area (Å²) >= 11 is 0. The van der Waals surface area contributed by atoms with E-state index in [4.69, 9.17) is 10.2 Å². The molecule has 3 heterocycles. The first-order chi connectivity index (χ1) is 15.6. The van der Waals surface area contributed by atoms with E-state index in [1.807, 2.05) is 18.2 Å². The Morgan fingerprint density at radius 1 is 0.875 bits per heavy atom. The van der Waals surface area contributed by atoms with E-state index >= 15 is 0 Å². The number of rotatable bonds is 4. The molecule has 0 amide bonds. The third kappa shape index (κ3) is 3.83. The normalized spacial score (nSPS) is 14.8. The molecule has 0 unspecified atom stereocenters. The average molecular weight is 423 g/mol. The second-order valence-corrected chi connectivity index (χ2v) is 8.52. The fraction of sp³-hybridized carbons (Fsp3) is 0.269. The van der Waals surface area contributed by atoms with E-state index in [-0.39, 0.29) is 0 Å². The number of nitriles is 1. The number of fused-ring (bicyclic) bond motifs is 1. The summed E-state index contributed by atoms with van der Waals surface area (Å²) in [7, 11) is 0. The van der Waals surface area contributed by atoms with Crippen molar-refractivity contribution in [2.45, 2.75) is 19.9 Å². The lowest BCUT2D eigenvalue weighted by molar-refractivity contribution is 0.209. The molecule has 0 bridgehead atoms. The monoisotopic (exact) mass is 422 g/mol. The summed E-state index contributed by atoms with van der Waals surface area (Å²) in [6.45, 7) is 8.87. The zero-order valence-electron chi connectivity index (χ0n) is 18.4. The van der Waals surface area contributed by atoms with E-state index in [0.717, 1.165) is 54.1 Å². The Kier molecular flexibility index (Phi) is 5.34. The summed E-state index contributed by atoms with van der Waals surface area (Å²) < 4.78 is 0. The maximum absolute atomic E-state index is 8.99. The molecule has 1 aliphatic rings. The van der Waals surface area contributed by atoms with Crippen LogP contribution in [0.5, 0.6) is 0 Å². The fourth-order valence-electron chi connectivity index (χ4n) is 4.33. The van der Waals surface area contributed by atoms with Crippen LogP contribution in [0.4, 0.5) is 5.69 Å². The lowest BCUT2D eigenvalue weighted by Crippen LogP contribution is -2.48. The highest BCUT2D eigenvalue weighted by Crippen LogP contribution is 2.29. The second kappa shape index (κ2) is 8.45. The first-order valence-corrected chi connectivity index (χ1v) is 11.1. The first-order valence-electron chi connectivity index (χ1n) is 11.1. The highest BCUT2D eigenvalue weighted by Gasteiger charge is 2.19. The minimum absolute atomic E-state index is 0.610. The van der Waals surface area contributed by atoms with Gasteiger partial charge in [-0.25, -0.2) is 4.98 Å². The molecule has 5 rings (SSSR count). The second-order valence-electron chi connectivity index (χ2n) is 8.52. The van der Waals surface area contributed by atoms with Crippen LogP contribution in [0.1, 0.15) is 19.4 Å². The number of anilines is 1. The summed E-state index contributed by atoms with van der Waals surface area (Å²) in [6, 6.07) is 23.0. The topological polar surface area (TPSA) is 71.8 Å². The van der Waals surface area contributed by atoms with Gasteiger partial charge in [0.15, 0.2) is 5.65 Å². The van der Waals surface area contributed by atoms with Crippen LogP contribution in [0.3, 0.4) is 0 Å². The zero-order chi connectivity index (χ0) is 22.1. The number of hydrogen-bond donors (Lipinski definition) is 1. The molecule has 1 aliphatic heterocycles. The van der Waals surface area contributed by atoms with Gasteiger partial charge in [-0.2, -0.15) is 10.4 Å². The number of pyridine rings is 1. The molecular formula is C26H26N6. The van der Waals surface area contributed by atoms with E-state index in [1.165, 1.54) is 5.69 Å². The minimum atomic E-state index is 0.610. The fourth-order valence-corrected chi connectivity index (χ4v) is 4.33. The molecule has 32 heavy (non-hydrogen) atoms. The quantitative estimate of drug-likeness (QED) is 0.516. The summed E-state index contributed by atoms with van der Waals surface area (Å²) in [6.07, 6.45) is 0. The van der Waals surface area contributed by atoms with Crippen LogP contribution in [0, 0.1) is 11.3 Å². The Bertz CT molecular complexity index is 1260. The van der Waals surface area contributed by atoms with Gasteiger partial charge in [-0.3, -0.25) is 10.00 Å². The number of piperazine rings is 1. The number of nitrogens with one attached hydrogen (secondary N) is 1. The number of hydrogen-bond acceptors (Lipinski definition) is 5. The summed E-state index contributed by atoms with van der Waals surface area (Å²) in [5.41, 5.74) is 6.49. The highest BCUT2D eigenvalue weighted by molar-refractivity contribution is 5.92. The van der Waals surface area contributed by atoms with E-state index in [0.29, 0.717) is 17.3 Å². The Labute approximate surface area is 188 Å². The first kappa shape index (κ1) is 20.2. The molecule has 160 valence electrons. The molecule has 4 aromatic rings. The maximum atomic E-state index is 8.99. The van der Waals surface area contributed by atoms with Gasteiger partial charge in [0.05, 0.1) is 23.0 Å². The van der Waals surface area contributed by atoms with Crippen molar-refractivity contribution in [2.75, 3.05) is 31.1 Å². The van der Waals surface area contributed by atoms with E-state index < -0.39 is 0 Å². The predicted octanol–water partition coefficient (Wildman–Crippen LogP) is 4.69. The number of H-pyrrole nitrogens is 1. The molecule has 0 aliphatic carbocycles. The predicted molar refractivity (Wildman–Crippen MR) is 128 cm³/mol. The maximum Gasteiger partial charge on any atom is 0.182 e. The van der Waals surface area contributed by atoms with Crippen molar-refractivity contribution < 1.29 is 0 Å². The van der Waals surface area contributed by atoms with Crippen LogP contribution in [-0.4, -0.2) is 52.3 Å². The Balaban J connectivity index is 1.36. The average Bonchev–Trinajstić information content (AvgIpc) is 3.27. The molecule has 0 atom stereocenters. The van der Waals surface area contributed by atoms with Crippen LogP contribution < -0.4 is 4.90 Å². The van der Waals surface area contributed by atoms with Crippen molar-refractivity contribution >= 4 is 16.7 Å². The smallest absolute Gasteiger partial charge is 0.182 e. The van der Waals surface area contributed by atoms with Gasteiger partial charge in [0.25, 0.3) is 0 Å². The van der Waals surface area contributed by atoms with Crippen LogP contribution in [-0.2, 0) is 0 Å². The van der Waals surface area contributed by atoms with Crippen molar-refractivity contribution in [1.82, 2.24) is 20.1 Å². The Morgan fingerprint density at radius 3 is 2.22 bits per heavy atom. The van der Waals surface area contributed by atoms with Crippen LogP contribution in [0.25, 0.3) is 33.5 Å². The standard InChI is InChI=1S/C26H26N6/c1-18(2)31-13-15-32(16-14-31)22-9-7-21(8-10-22)25-23-11-12-24(28-26(23)30-29-25)20-5-3-19(17-27)4-6-20/h3-12,18H,13-16H2,1-2H3,(H,28,29,30). The van der Waals surface area contributed by atoms with E-state index in [2.05, 4.69) is 70.2 Å². The summed E-state index contributed by atoms with van der Waals surface area (Å²) in [4.78, 5) is 9.71. The van der Waals surface area contributed by atoms with Crippen LogP contribution in [0.2, 0.25) is 0 Å². The van der Waals surface area contributed by atoms with E-state index in [9.17, 15) is 0 Å². The molecule has 6 heteroatoms. The molecule has 1 N–H and O–H groups in total. The molecule has 0 spiro atoms. The van der Waals surface area contributed by atoms with Crippen molar-refractivity contribution in [3.8, 4) is 28.6 Å². The summed E-state index contributed by atoms with van der Waals surface area (Å²) in [5.74, 6) is 0. The van der Waals surface area contributed by atoms with Gasteiger partial charge in [0.1, 0.15) is 0 Å². The zero-order valence-corrected chi connectivity index (χ0v) is 18.4. The van der Waals surface area contributed by atoms with Crippen molar-refractivity contribution in [2.24, 2.45) is 0 Å². The SMILES string of the molecule is CC(C)N1CCN(c2ccc(-c3[nH]nc4nc(-c5ccc(C#N)cc5)ccc34)cc2)CC1. The van der Waals surface area contributed by atoms with Gasteiger partial charge in [-0.05, 0) is 50.2 Å². The van der Waals surface area contributed by atoms with Crippen molar-refractivity contribution in [3.05, 3.63) is 66.2 Å². The third-order valence-electron chi connectivity index (χ3n) is 6.29. The highest BCUT2D eigenvalue weighted by atomic mass is 15.3. The molecular weight excluding hydrogens is 396 g/mol. The number of aromatic amines is 1.